The number of nitrogens with zero attached hydrogens (tertiary/aromatic N) is 4. The molecule has 2 saturated heterocycles. The number of sulfonamides is 1. The number of carbonyl (C=O) groups excluding carboxylic acids is 1. The highest BCUT2D eigenvalue weighted by atomic mass is 32.2. The zero-order valence-corrected chi connectivity index (χ0v) is 20.3. The summed E-state index contributed by atoms with van der Waals surface area (Å²) in [5.41, 5.74) is -0.416. The quantitative estimate of drug-likeness (QED) is 0.477. The van der Waals surface area contributed by atoms with Crippen LogP contribution in [-0.2, 0) is 16.6 Å². The number of aryl methyl sites for hydroxylation is 1. The molecule has 0 saturated carbocycles. The monoisotopic (exact) mass is 545 g/mol. The minimum atomic E-state index is -3.94. The summed E-state index contributed by atoms with van der Waals surface area (Å²) in [4.78, 5) is 19.1. The maximum absolute atomic E-state index is 15.1. The Morgan fingerprint density at radius 1 is 1.16 bits per heavy atom. The molecule has 0 spiro atoms. The van der Waals surface area contributed by atoms with Gasteiger partial charge in [-0.25, -0.2) is 44.9 Å². The lowest BCUT2D eigenvalue weighted by molar-refractivity contribution is -0.0359. The molecule has 2 aliphatic heterocycles. The van der Waals surface area contributed by atoms with Crippen LogP contribution < -0.4 is 4.72 Å². The standard InChI is InChI=1S/C22H20F5N5O4S/c1-3-37(34,35)30-16-8-32-17(22(16,26)27)9-31(21(32)33)7-15-19-12(4-10(2)28-20(19)36-29-15)18-13(24)5-11(23)6-14(18)25/h4-6,16-17,30H,3,7-9H2,1-2H3/t16-,17-/m1/s1. The van der Waals surface area contributed by atoms with Crippen molar-refractivity contribution in [1.29, 1.82) is 0 Å². The van der Waals surface area contributed by atoms with E-state index in [1.165, 1.54) is 19.9 Å². The second-order valence-corrected chi connectivity index (χ2v) is 11.0. The van der Waals surface area contributed by atoms with E-state index in [-0.39, 0.29) is 28.9 Å². The van der Waals surface area contributed by atoms with E-state index >= 15 is 8.78 Å². The average Bonchev–Trinajstić information content (AvgIpc) is 3.41. The lowest BCUT2D eigenvalue weighted by Gasteiger charge is -2.24. The van der Waals surface area contributed by atoms with Crippen molar-refractivity contribution in [2.24, 2.45) is 0 Å². The molecule has 37 heavy (non-hydrogen) atoms. The number of amides is 2. The van der Waals surface area contributed by atoms with E-state index in [4.69, 9.17) is 4.52 Å². The second kappa shape index (κ2) is 8.62. The van der Waals surface area contributed by atoms with Crippen LogP contribution in [0.2, 0.25) is 0 Å². The highest BCUT2D eigenvalue weighted by Crippen LogP contribution is 2.41. The van der Waals surface area contributed by atoms with Crippen LogP contribution in [0.5, 0.6) is 0 Å². The zero-order valence-electron chi connectivity index (χ0n) is 19.4. The number of pyridine rings is 1. The number of urea groups is 1. The molecule has 0 unspecified atom stereocenters. The molecule has 0 aliphatic carbocycles. The van der Waals surface area contributed by atoms with E-state index in [1.807, 2.05) is 4.72 Å². The van der Waals surface area contributed by atoms with E-state index in [2.05, 4.69) is 10.1 Å². The van der Waals surface area contributed by atoms with Crippen LogP contribution in [-0.4, -0.2) is 71.2 Å². The van der Waals surface area contributed by atoms with Gasteiger partial charge in [-0.2, -0.15) is 0 Å². The molecule has 198 valence electrons. The van der Waals surface area contributed by atoms with Crippen LogP contribution in [0.3, 0.4) is 0 Å². The molecule has 1 aromatic carbocycles. The molecule has 2 amide bonds. The Morgan fingerprint density at radius 2 is 1.84 bits per heavy atom. The summed E-state index contributed by atoms with van der Waals surface area (Å²) in [6.45, 7) is 1.48. The fraction of sp³-hybridized carbons (Fsp3) is 0.409. The lowest BCUT2D eigenvalue weighted by Crippen LogP contribution is -2.51. The SMILES string of the molecule is CCS(=O)(=O)N[C@@H]1CN2C(=O)N(Cc3noc4nc(C)cc(-c5c(F)cc(F)cc5F)c34)C[C@@H]2C1(F)F. The van der Waals surface area contributed by atoms with Crippen molar-refractivity contribution >= 4 is 27.2 Å². The van der Waals surface area contributed by atoms with Crippen LogP contribution in [0.15, 0.2) is 22.7 Å². The normalized spacial score (nSPS) is 21.3. The highest BCUT2D eigenvalue weighted by Gasteiger charge is 2.62. The van der Waals surface area contributed by atoms with E-state index in [0.717, 1.165) is 9.80 Å². The van der Waals surface area contributed by atoms with E-state index in [1.54, 1.807) is 0 Å². The van der Waals surface area contributed by atoms with Gasteiger partial charge in [-0.1, -0.05) is 5.16 Å². The number of carbonyl (C=O) groups is 1. The van der Waals surface area contributed by atoms with Gasteiger partial charge in [-0.05, 0) is 19.9 Å². The highest BCUT2D eigenvalue weighted by molar-refractivity contribution is 7.89. The molecule has 0 bridgehead atoms. The Hall–Kier alpha value is -3.33. The van der Waals surface area contributed by atoms with Crippen LogP contribution >= 0.6 is 0 Å². The number of nitrogens with one attached hydrogen (secondary N) is 1. The Morgan fingerprint density at radius 3 is 2.46 bits per heavy atom. The molecule has 3 aromatic rings. The largest absolute Gasteiger partial charge is 0.335 e. The number of fused-ring (bicyclic) bond motifs is 2. The number of hydrogen-bond donors (Lipinski definition) is 1. The molecular formula is C22H20F5N5O4S. The fourth-order valence-corrected chi connectivity index (χ4v) is 5.58. The van der Waals surface area contributed by atoms with Gasteiger partial charge in [0.05, 0.1) is 23.2 Å². The summed E-state index contributed by atoms with van der Waals surface area (Å²) < 4.78 is 104. The van der Waals surface area contributed by atoms with Gasteiger partial charge < -0.3 is 14.3 Å². The molecule has 2 aromatic heterocycles. The molecule has 5 rings (SSSR count). The fourth-order valence-electron chi connectivity index (χ4n) is 4.75. The predicted molar refractivity (Wildman–Crippen MR) is 119 cm³/mol. The number of hydrogen-bond acceptors (Lipinski definition) is 6. The van der Waals surface area contributed by atoms with Gasteiger partial charge in [0.1, 0.15) is 35.2 Å². The number of alkyl halides is 2. The summed E-state index contributed by atoms with van der Waals surface area (Å²) in [5, 5.41) is 3.89. The van der Waals surface area contributed by atoms with E-state index in [0.29, 0.717) is 17.8 Å². The van der Waals surface area contributed by atoms with Gasteiger partial charge in [0.2, 0.25) is 10.0 Å². The van der Waals surface area contributed by atoms with Crippen LogP contribution in [0.4, 0.5) is 26.7 Å². The van der Waals surface area contributed by atoms with Crippen molar-refractivity contribution in [2.45, 2.75) is 38.4 Å². The Bertz CT molecular complexity index is 1510. The molecule has 2 fully saturated rings. The first-order chi connectivity index (χ1) is 17.3. The molecule has 9 nitrogen and oxygen atoms in total. The van der Waals surface area contributed by atoms with Gasteiger partial charge in [0.25, 0.3) is 11.6 Å². The summed E-state index contributed by atoms with van der Waals surface area (Å²) in [7, 11) is -3.94. The molecular weight excluding hydrogens is 525 g/mol. The smallest absolute Gasteiger partial charge is 0.321 e. The Balaban J connectivity index is 1.48. The first-order valence-electron chi connectivity index (χ1n) is 11.2. The van der Waals surface area contributed by atoms with Gasteiger partial charge in [-0.15, -0.1) is 0 Å². The van der Waals surface area contributed by atoms with Crippen LogP contribution in [0.25, 0.3) is 22.2 Å². The third kappa shape index (κ3) is 4.19. The first-order valence-corrected chi connectivity index (χ1v) is 12.8. The first kappa shape index (κ1) is 25.3. The number of benzene rings is 1. The zero-order chi connectivity index (χ0) is 26.9. The van der Waals surface area contributed by atoms with Gasteiger partial charge in [0.15, 0.2) is 0 Å². The second-order valence-electron chi connectivity index (χ2n) is 8.94. The van der Waals surface area contributed by atoms with E-state index in [9.17, 15) is 26.4 Å². The Labute approximate surface area is 207 Å². The van der Waals surface area contributed by atoms with Crippen molar-refractivity contribution in [1.82, 2.24) is 24.7 Å². The van der Waals surface area contributed by atoms with Crippen molar-refractivity contribution in [3.8, 4) is 11.1 Å². The van der Waals surface area contributed by atoms with Crippen molar-refractivity contribution < 1.29 is 39.7 Å². The molecule has 0 radical (unpaired) electrons. The molecule has 1 N–H and O–H groups in total. The number of halogens is 5. The lowest BCUT2D eigenvalue weighted by atomic mass is 9.99. The summed E-state index contributed by atoms with van der Waals surface area (Å²) in [6, 6.07) is -1.81. The average molecular weight is 545 g/mol. The predicted octanol–water partition coefficient (Wildman–Crippen LogP) is 3.18. The summed E-state index contributed by atoms with van der Waals surface area (Å²) in [5.74, 6) is -7.43. The Kier molecular flexibility index (Phi) is 5.90. The maximum Gasteiger partial charge on any atom is 0.321 e. The molecule has 4 heterocycles. The van der Waals surface area contributed by atoms with Crippen LogP contribution in [0.1, 0.15) is 18.3 Å². The van der Waals surface area contributed by atoms with Gasteiger partial charge in [0, 0.05) is 36.5 Å². The maximum atomic E-state index is 15.1. The number of aromatic nitrogens is 2. The third-order valence-corrected chi connectivity index (χ3v) is 7.94. The molecule has 2 atom stereocenters. The third-order valence-electron chi connectivity index (χ3n) is 6.54. The van der Waals surface area contributed by atoms with E-state index < -0.39 is 75.9 Å². The number of rotatable bonds is 6. The van der Waals surface area contributed by atoms with Crippen molar-refractivity contribution in [2.75, 3.05) is 18.8 Å². The molecule has 15 heteroatoms. The van der Waals surface area contributed by atoms with Crippen LogP contribution in [0, 0.1) is 24.4 Å². The molecule has 2 aliphatic rings. The minimum Gasteiger partial charge on any atom is -0.335 e. The topological polar surface area (TPSA) is 109 Å². The van der Waals surface area contributed by atoms with Gasteiger partial charge >= 0.3 is 6.03 Å². The van der Waals surface area contributed by atoms with Gasteiger partial charge in [-0.3, -0.25) is 0 Å². The van der Waals surface area contributed by atoms with Crippen molar-refractivity contribution in [3.63, 3.8) is 0 Å². The van der Waals surface area contributed by atoms with Crippen molar-refractivity contribution in [3.05, 3.63) is 47.0 Å². The minimum absolute atomic E-state index is 0.00157. The summed E-state index contributed by atoms with van der Waals surface area (Å²) >= 11 is 0. The summed E-state index contributed by atoms with van der Waals surface area (Å²) in [6.07, 6.45) is 0.